The third kappa shape index (κ3) is 4.34. The van der Waals surface area contributed by atoms with Gasteiger partial charge in [-0.2, -0.15) is 0 Å². The van der Waals surface area contributed by atoms with E-state index in [9.17, 15) is 0 Å². The van der Waals surface area contributed by atoms with E-state index >= 15 is 0 Å². The average molecular weight is 203 g/mol. The highest BCUT2D eigenvalue weighted by Crippen LogP contribution is 2.18. The Morgan fingerprint density at radius 1 is 1.54 bits per heavy atom. The monoisotopic (exact) mass is 203 g/mol. The maximum Gasteiger partial charge on any atom is 0.0918 e. The predicted molar refractivity (Wildman–Crippen MR) is 59.2 cm³/mol. The molecule has 78 valence electrons. The minimum Gasteiger partial charge on any atom is -0.371 e. The minimum atomic E-state index is 0.831. The second-order valence-corrected chi connectivity index (χ2v) is 4.55. The van der Waals surface area contributed by atoms with Crippen molar-refractivity contribution in [1.82, 2.24) is 4.90 Å². The van der Waals surface area contributed by atoms with Crippen molar-refractivity contribution in [3.05, 3.63) is 0 Å². The van der Waals surface area contributed by atoms with E-state index in [0.717, 1.165) is 18.6 Å². The summed E-state index contributed by atoms with van der Waals surface area (Å²) in [4.78, 5) is 2.48. The van der Waals surface area contributed by atoms with Crippen LogP contribution < -0.4 is 0 Å². The molecule has 1 rings (SSSR count). The SMILES string of the molecule is CSCOCCCC1CCCN1C. The van der Waals surface area contributed by atoms with Gasteiger partial charge in [0.2, 0.25) is 0 Å². The van der Waals surface area contributed by atoms with Crippen molar-refractivity contribution in [2.45, 2.75) is 31.7 Å². The van der Waals surface area contributed by atoms with E-state index in [0.29, 0.717) is 0 Å². The van der Waals surface area contributed by atoms with Crippen molar-refractivity contribution in [3.63, 3.8) is 0 Å². The molecule has 0 aromatic heterocycles. The van der Waals surface area contributed by atoms with Crippen LogP contribution in [0.2, 0.25) is 0 Å². The van der Waals surface area contributed by atoms with Gasteiger partial charge in [0.1, 0.15) is 0 Å². The first-order valence-electron chi connectivity index (χ1n) is 5.11. The van der Waals surface area contributed by atoms with Gasteiger partial charge in [-0.25, -0.2) is 0 Å². The van der Waals surface area contributed by atoms with E-state index < -0.39 is 0 Å². The Labute approximate surface area is 86.0 Å². The molecule has 1 unspecified atom stereocenters. The highest BCUT2D eigenvalue weighted by atomic mass is 32.2. The molecule has 0 spiro atoms. The highest BCUT2D eigenvalue weighted by Gasteiger charge is 2.19. The van der Waals surface area contributed by atoms with Crippen LogP contribution >= 0.6 is 11.8 Å². The molecule has 1 fully saturated rings. The topological polar surface area (TPSA) is 12.5 Å². The smallest absolute Gasteiger partial charge is 0.0918 e. The van der Waals surface area contributed by atoms with Crippen molar-refractivity contribution in [2.75, 3.05) is 32.4 Å². The van der Waals surface area contributed by atoms with Crippen LogP contribution in [0, 0.1) is 0 Å². The fourth-order valence-electron chi connectivity index (χ4n) is 1.91. The molecular weight excluding hydrogens is 182 g/mol. The summed E-state index contributed by atoms with van der Waals surface area (Å²) in [5.74, 6) is 0.848. The summed E-state index contributed by atoms with van der Waals surface area (Å²) in [6.07, 6.45) is 7.37. The van der Waals surface area contributed by atoms with E-state index in [4.69, 9.17) is 4.74 Å². The fourth-order valence-corrected chi connectivity index (χ4v) is 2.19. The first-order valence-corrected chi connectivity index (χ1v) is 6.51. The number of thioether (sulfide) groups is 1. The molecule has 3 heteroatoms. The lowest BCUT2D eigenvalue weighted by molar-refractivity contribution is 0.167. The van der Waals surface area contributed by atoms with Gasteiger partial charge in [0.15, 0.2) is 0 Å². The molecule has 0 saturated carbocycles. The zero-order valence-electron chi connectivity index (χ0n) is 8.79. The molecule has 1 aliphatic heterocycles. The van der Waals surface area contributed by atoms with E-state index in [1.54, 1.807) is 11.8 Å². The molecule has 0 radical (unpaired) electrons. The molecule has 1 aliphatic rings. The van der Waals surface area contributed by atoms with Crippen LogP contribution in [-0.4, -0.2) is 43.3 Å². The van der Waals surface area contributed by atoms with Gasteiger partial charge in [-0.15, -0.1) is 11.8 Å². The Morgan fingerprint density at radius 2 is 2.38 bits per heavy atom. The maximum absolute atomic E-state index is 5.42. The van der Waals surface area contributed by atoms with Crippen LogP contribution in [0.15, 0.2) is 0 Å². The summed E-state index contributed by atoms with van der Waals surface area (Å²) in [6, 6.07) is 0.831. The lowest BCUT2D eigenvalue weighted by atomic mass is 10.1. The largest absolute Gasteiger partial charge is 0.371 e. The molecule has 0 amide bonds. The summed E-state index contributed by atoms with van der Waals surface area (Å²) in [7, 11) is 2.24. The van der Waals surface area contributed by atoms with Gasteiger partial charge < -0.3 is 9.64 Å². The minimum absolute atomic E-state index is 0.831. The number of hydrogen-bond acceptors (Lipinski definition) is 3. The summed E-state index contributed by atoms with van der Waals surface area (Å²) in [5.41, 5.74) is 0. The fraction of sp³-hybridized carbons (Fsp3) is 1.00. The van der Waals surface area contributed by atoms with Gasteiger partial charge in [0.05, 0.1) is 5.94 Å². The van der Waals surface area contributed by atoms with Crippen LogP contribution in [-0.2, 0) is 4.74 Å². The van der Waals surface area contributed by atoms with Gasteiger partial charge >= 0.3 is 0 Å². The van der Waals surface area contributed by atoms with E-state index in [-0.39, 0.29) is 0 Å². The molecule has 1 saturated heterocycles. The molecule has 0 aromatic rings. The lowest BCUT2D eigenvalue weighted by Crippen LogP contribution is -2.24. The third-order valence-corrected chi connectivity index (χ3v) is 3.10. The van der Waals surface area contributed by atoms with Crippen molar-refractivity contribution in [1.29, 1.82) is 0 Å². The summed E-state index contributed by atoms with van der Waals surface area (Å²) < 4.78 is 5.42. The average Bonchev–Trinajstić information content (AvgIpc) is 2.52. The van der Waals surface area contributed by atoms with Crippen LogP contribution in [0.25, 0.3) is 0 Å². The normalized spacial score (nSPS) is 24.0. The molecule has 0 aliphatic carbocycles. The Hall–Kier alpha value is 0.270. The molecule has 13 heavy (non-hydrogen) atoms. The second kappa shape index (κ2) is 6.68. The van der Waals surface area contributed by atoms with Crippen molar-refractivity contribution < 1.29 is 4.74 Å². The number of hydrogen-bond donors (Lipinski definition) is 0. The van der Waals surface area contributed by atoms with Crippen molar-refractivity contribution in [3.8, 4) is 0 Å². The summed E-state index contributed by atoms with van der Waals surface area (Å²) in [6.45, 7) is 2.22. The van der Waals surface area contributed by atoms with Crippen molar-refractivity contribution in [2.24, 2.45) is 0 Å². The molecule has 0 aromatic carbocycles. The van der Waals surface area contributed by atoms with E-state index in [1.807, 2.05) is 0 Å². The lowest BCUT2D eigenvalue weighted by Gasteiger charge is -2.18. The van der Waals surface area contributed by atoms with Crippen LogP contribution in [0.3, 0.4) is 0 Å². The van der Waals surface area contributed by atoms with Gasteiger partial charge in [0, 0.05) is 12.6 Å². The zero-order chi connectivity index (χ0) is 9.52. The summed E-state index contributed by atoms with van der Waals surface area (Å²) >= 11 is 1.75. The Bertz CT molecular complexity index is 132. The second-order valence-electron chi connectivity index (χ2n) is 3.73. The number of likely N-dealkylation sites (tertiary alicyclic amines) is 1. The van der Waals surface area contributed by atoms with Gasteiger partial charge in [-0.3, -0.25) is 0 Å². The molecular formula is C10H21NOS. The highest BCUT2D eigenvalue weighted by molar-refractivity contribution is 7.98. The number of rotatable bonds is 6. The third-order valence-electron chi connectivity index (χ3n) is 2.70. The maximum atomic E-state index is 5.42. The van der Waals surface area contributed by atoms with Gasteiger partial charge in [0.25, 0.3) is 0 Å². The van der Waals surface area contributed by atoms with Gasteiger partial charge in [-0.05, 0) is 45.5 Å². The standard InChI is InChI=1S/C10H21NOS/c1-11-7-3-5-10(11)6-4-8-12-9-13-2/h10H,3-9H2,1-2H3. The molecule has 1 atom stereocenters. The summed E-state index contributed by atoms with van der Waals surface area (Å²) in [5, 5.41) is 0. The predicted octanol–water partition coefficient (Wildman–Crippen LogP) is 2.20. The Morgan fingerprint density at radius 3 is 3.00 bits per heavy atom. The van der Waals surface area contributed by atoms with E-state index in [2.05, 4.69) is 18.2 Å². The molecule has 0 N–H and O–H groups in total. The first kappa shape index (κ1) is 11.3. The van der Waals surface area contributed by atoms with Crippen molar-refractivity contribution >= 4 is 11.8 Å². The Kier molecular flexibility index (Phi) is 5.83. The van der Waals surface area contributed by atoms with Gasteiger partial charge in [-0.1, -0.05) is 0 Å². The molecule has 0 bridgehead atoms. The quantitative estimate of drug-likeness (QED) is 0.485. The first-order chi connectivity index (χ1) is 6.34. The number of nitrogens with zero attached hydrogens (tertiary/aromatic N) is 1. The molecule has 2 nitrogen and oxygen atoms in total. The van der Waals surface area contributed by atoms with E-state index in [1.165, 1.54) is 32.2 Å². The van der Waals surface area contributed by atoms with Crippen LogP contribution in [0.1, 0.15) is 25.7 Å². The number of ether oxygens (including phenoxy) is 1. The zero-order valence-corrected chi connectivity index (χ0v) is 9.61. The Balaban J connectivity index is 1.93. The van der Waals surface area contributed by atoms with Crippen LogP contribution in [0.5, 0.6) is 0 Å². The molecule has 1 heterocycles. The van der Waals surface area contributed by atoms with Crippen LogP contribution in [0.4, 0.5) is 0 Å².